The number of alkyl halides is 2. The second-order valence-corrected chi connectivity index (χ2v) is 9.42. The predicted octanol–water partition coefficient (Wildman–Crippen LogP) is 7.49. The highest BCUT2D eigenvalue weighted by atomic mass is 32.1. The summed E-state index contributed by atoms with van der Waals surface area (Å²) in [5.74, 6) is 1.94. The van der Waals surface area contributed by atoms with Crippen molar-refractivity contribution in [1.29, 1.82) is 0 Å². The first-order valence-electron chi connectivity index (χ1n) is 10.8. The van der Waals surface area contributed by atoms with Gasteiger partial charge < -0.3 is 9.47 Å². The van der Waals surface area contributed by atoms with Gasteiger partial charge in [0.15, 0.2) is 0 Å². The monoisotopic (exact) mass is 420 g/mol. The number of halogens is 2. The van der Waals surface area contributed by atoms with Crippen LogP contribution in [0.3, 0.4) is 0 Å². The summed E-state index contributed by atoms with van der Waals surface area (Å²) in [6.45, 7) is 6.83. The summed E-state index contributed by atoms with van der Waals surface area (Å²) in [6.07, 6.45) is 6.96. The van der Waals surface area contributed by atoms with Gasteiger partial charge in [-0.05, 0) is 80.9 Å². The van der Waals surface area contributed by atoms with Crippen molar-refractivity contribution >= 4 is 21.4 Å². The summed E-state index contributed by atoms with van der Waals surface area (Å²) in [4.78, 5) is 1.16. The molecule has 4 rings (SSSR count). The Morgan fingerprint density at radius 2 is 2.00 bits per heavy atom. The molecule has 2 aromatic rings. The van der Waals surface area contributed by atoms with Gasteiger partial charge in [0.05, 0.1) is 24.9 Å². The van der Waals surface area contributed by atoms with Crippen molar-refractivity contribution in [3.63, 3.8) is 0 Å². The van der Waals surface area contributed by atoms with Crippen LogP contribution in [-0.4, -0.2) is 19.3 Å². The van der Waals surface area contributed by atoms with E-state index in [4.69, 9.17) is 9.47 Å². The second-order valence-electron chi connectivity index (χ2n) is 8.33. The zero-order valence-corrected chi connectivity index (χ0v) is 17.9. The minimum atomic E-state index is -2.54. The van der Waals surface area contributed by atoms with E-state index in [2.05, 4.69) is 18.7 Å². The number of ether oxygens (including phenoxy) is 2. The van der Waals surface area contributed by atoms with Crippen molar-refractivity contribution in [2.45, 2.75) is 63.9 Å². The average molecular weight is 421 g/mol. The summed E-state index contributed by atoms with van der Waals surface area (Å²) in [5, 5.41) is 0.883. The number of thiophene rings is 1. The maximum Gasteiger partial charge on any atom is 0.268 e. The molecular formula is C24H30F2O2S. The molecule has 5 heteroatoms. The second kappa shape index (κ2) is 9.13. The molecule has 0 radical (unpaired) electrons. The highest BCUT2D eigenvalue weighted by Gasteiger charge is 2.32. The van der Waals surface area contributed by atoms with Gasteiger partial charge >= 0.3 is 0 Å². The Morgan fingerprint density at radius 3 is 2.62 bits per heavy atom. The Bertz CT molecular complexity index is 831. The lowest BCUT2D eigenvalue weighted by atomic mass is 9.77. The molecule has 0 bridgehead atoms. The van der Waals surface area contributed by atoms with Crippen molar-refractivity contribution in [2.24, 2.45) is 11.8 Å². The van der Waals surface area contributed by atoms with Crippen LogP contribution in [0, 0.1) is 11.8 Å². The van der Waals surface area contributed by atoms with Crippen LogP contribution in [0.25, 0.3) is 10.1 Å². The fourth-order valence-electron chi connectivity index (χ4n) is 4.94. The van der Waals surface area contributed by atoms with Crippen LogP contribution >= 0.6 is 11.3 Å². The predicted molar refractivity (Wildman–Crippen MR) is 115 cm³/mol. The number of hydrogen-bond donors (Lipinski definition) is 0. The van der Waals surface area contributed by atoms with Gasteiger partial charge in [-0.2, -0.15) is 0 Å². The van der Waals surface area contributed by atoms with Crippen LogP contribution in [-0.2, 0) is 4.74 Å². The third-order valence-electron chi connectivity index (χ3n) is 6.61. The minimum Gasteiger partial charge on any atom is -0.493 e. The Labute approximate surface area is 175 Å². The SMILES string of the molecule is C=CC1CCC(C2CCC(c3cc4ccc(OCC)c(C(F)F)c4s3)CO2)CC1. The summed E-state index contributed by atoms with van der Waals surface area (Å²) < 4.78 is 39.9. The molecule has 1 aliphatic heterocycles. The maximum atomic E-state index is 13.7. The lowest BCUT2D eigenvalue weighted by Gasteiger charge is -2.37. The van der Waals surface area contributed by atoms with Gasteiger partial charge in [-0.1, -0.05) is 6.08 Å². The fraction of sp³-hybridized carbons (Fsp3) is 0.583. The summed E-state index contributed by atoms with van der Waals surface area (Å²) in [5.41, 5.74) is 0.0363. The van der Waals surface area contributed by atoms with Crippen LogP contribution in [0.5, 0.6) is 5.75 Å². The third-order valence-corrected chi connectivity index (χ3v) is 7.96. The molecule has 2 fully saturated rings. The van der Waals surface area contributed by atoms with Gasteiger partial charge in [0, 0.05) is 15.5 Å². The molecule has 0 amide bonds. The number of fused-ring (bicyclic) bond motifs is 1. The summed E-state index contributed by atoms with van der Waals surface area (Å²) in [6, 6.07) is 5.65. The molecule has 1 saturated heterocycles. The van der Waals surface area contributed by atoms with Crippen molar-refractivity contribution in [3.05, 3.63) is 41.3 Å². The molecule has 1 aromatic heterocycles. The molecule has 0 N–H and O–H groups in total. The first-order chi connectivity index (χ1) is 14.1. The van der Waals surface area contributed by atoms with E-state index in [-0.39, 0.29) is 5.56 Å². The van der Waals surface area contributed by atoms with E-state index in [9.17, 15) is 8.78 Å². The van der Waals surface area contributed by atoms with E-state index in [1.165, 1.54) is 37.0 Å². The lowest BCUT2D eigenvalue weighted by Crippen LogP contribution is -2.33. The van der Waals surface area contributed by atoms with E-state index < -0.39 is 6.43 Å². The highest BCUT2D eigenvalue weighted by Crippen LogP contribution is 2.44. The molecule has 0 spiro atoms. The Kier molecular flexibility index (Phi) is 6.55. The normalized spacial score (nSPS) is 28.0. The number of rotatable bonds is 6. The molecule has 2 aliphatic rings. The smallest absolute Gasteiger partial charge is 0.268 e. The van der Waals surface area contributed by atoms with Crippen LogP contribution in [0.1, 0.15) is 68.2 Å². The standard InChI is InChI=1S/C24H30F2O2S/c1-3-15-5-7-16(8-6-15)19-11-10-18(14-28-19)21-13-17-9-12-20(27-4-2)22(24(25)26)23(17)29-21/h3,9,12-13,15-16,18-19,24H,1,4-8,10-11,14H2,2H3. The molecule has 2 atom stereocenters. The number of allylic oxidation sites excluding steroid dienone is 1. The lowest BCUT2D eigenvalue weighted by molar-refractivity contribution is -0.0414. The molecule has 1 aromatic carbocycles. The van der Waals surface area contributed by atoms with Gasteiger partial charge in [-0.15, -0.1) is 17.9 Å². The summed E-state index contributed by atoms with van der Waals surface area (Å²) >= 11 is 1.49. The van der Waals surface area contributed by atoms with Crippen molar-refractivity contribution in [3.8, 4) is 5.75 Å². The third kappa shape index (κ3) is 4.36. The van der Waals surface area contributed by atoms with Crippen LogP contribution in [0.4, 0.5) is 8.78 Å². The largest absolute Gasteiger partial charge is 0.493 e. The van der Waals surface area contributed by atoms with Crippen LogP contribution in [0.2, 0.25) is 0 Å². The molecule has 2 unspecified atom stereocenters. The van der Waals surface area contributed by atoms with Gasteiger partial charge in [0.25, 0.3) is 6.43 Å². The van der Waals surface area contributed by atoms with Gasteiger partial charge in [0.1, 0.15) is 5.75 Å². The van der Waals surface area contributed by atoms with E-state index >= 15 is 0 Å². The number of benzene rings is 1. The fourth-order valence-corrected chi connectivity index (χ4v) is 6.25. The average Bonchev–Trinajstić information content (AvgIpc) is 3.18. The Balaban J connectivity index is 1.46. The van der Waals surface area contributed by atoms with E-state index in [1.807, 2.05) is 13.0 Å². The zero-order chi connectivity index (χ0) is 20.4. The molecule has 29 heavy (non-hydrogen) atoms. The molecule has 1 aliphatic carbocycles. The van der Waals surface area contributed by atoms with Crippen molar-refractivity contribution in [1.82, 2.24) is 0 Å². The van der Waals surface area contributed by atoms with E-state index in [0.717, 1.165) is 23.1 Å². The van der Waals surface area contributed by atoms with Crippen LogP contribution < -0.4 is 4.74 Å². The quantitative estimate of drug-likeness (QED) is 0.451. The number of hydrogen-bond acceptors (Lipinski definition) is 3. The molecular weight excluding hydrogens is 390 g/mol. The van der Waals surface area contributed by atoms with Gasteiger partial charge in [0.2, 0.25) is 0 Å². The molecule has 158 valence electrons. The highest BCUT2D eigenvalue weighted by molar-refractivity contribution is 7.19. The first-order valence-corrected chi connectivity index (χ1v) is 11.6. The van der Waals surface area contributed by atoms with Crippen molar-refractivity contribution < 1.29 is 18.3 Å². The molecule has 1 saturated carbocycles. The van der Waals surface area contributed by atoms with E-state index in [0.29, 0.717) is 47.5 Å². The van der Waals surface area contributed by atoms with E-state index in [1.54, 1.807) is 6.07 Å². The maximum absolute atomic E-state index is 13.7. The molecule has 2 heterocycles. The van der Waals surface area contributed by atoms with Gasteiger partial charge in [-0.25, -0.2) is 8.78 Å². The topological polar surface area (TPSA) is 18.5 Å². The zero-order valence-electron chi connectivity index (χ0n) is 17.0. The first kappa shape index (κ1) is 20.8. The van der Waals surface area contributed by atoms with Crippen LogP contribution in [0.15, 0.2) is 30.9 Å². The Morgan fingerprint density at radius 1 is 1.21 bits per heavy atom. The summed E-state index contributed by atoms with van der Waals surface area (Å²) in [7, 11) is 0. The van der Waals surface area contributed by atoms with Crippen molar-refractivity contribution in [2.75, 3.05) is 13.2 Å². The molecule has 2 nitrogen and oxygen atoms in total. The Hall–Kier alpha value is -1.46. The minimum absolute atomic E-state index is 0.0363. The van der Waals surface area contributed by atoms with Gasteiger partial charge in [-0.3, -0.25) is 0 Å².